The fourth-order valence-corrected chi connectivity index (χ4v) is 1.97. The molecule has 8 heteroatoms. The number of carbonyl (C=O) groups is 1. The summed E-state index contributed by atoms with van der Waals surface area (Å²) in [7, 11) is 0. The molecule has 0 bridgehead atoms. The van der Waals surface area contributed by atoms with Crippen molar-refractivity contribution in [2.45, 2.75) is 19.2 Å². The van der Waals surface area contributed by atoms with Crippen molar-refractivity contribution in [2.24, 2.45) is 0 Å². The van der Waals surface area contributed by atoms with E-state index in [0.29, 0.717) is 12.2 Å². The standard InChI is InChI=1S/C17H15F4NO3/c18-12-4-1-6-14(10-12)24-9-3-8-16(23)22-13-5-2-7-15(11-13)25-17(19,20)21/h1-2,4-7,10-11H,3,8-9H2,(H,22,23). The minimum absolute atomic E-state index is 0.0969. The molecule has 2 rings (SSSR count). The van der Waals surface area contributed by atoms with Crippen molar-refractivity contribution in [3.8, 4) is 11.5 Å². The van der Waals surface area contributed by atoms with Gasteiger partial charge in [-0.1, -0.05) is 12.1 Å². The number of ether oxygens (including phenoxy) is 2. The average Bonchev–Trinajstić information content (AvgIpc) is 2.50. The maximum atomic E-state index is 13.0. The van der Waals surface area contributed by atoms with E-state index in [-0.39, 0.29) is 24.6 Å². The molecule has 0 saturated carbocycles. The molecule has 0 heterocycles. The highest BCUT2D eigenvalue weighted by molar-refractivity contribution is 5.90. The zero-order valence-corrected chi connectivity index (χ0v) is 13.0. The summed E-state index contributed by atoms with van der Waals surface area (Å²) in [5.41, 5.74) is 0.192. The van der Waals surface area contributed by atoms with Crippen LogP contribution in [0.25, 0.3) is 0 Å². The molecule has 0 aliphatic carbocycles. The third kappa shape index (κ3) is 7.11. The Labute approximate surface area is 141 Å². The summed E-state index contributed by atoms with van der Waals surface area (Å²) in [5.74, 6) is -0.861. The number of benzene rings is 2. The molecule has 0 saturated heterocycles. The molecule has 25 heavy (non-hydrogen) atoms. The number of halogens is 4. The van der Waals surface area contributed by atoms with Crippen LogP contribution in [0.5, 0.6) is 11.5 Å². The number of alkyl halides is 3. The predicted octanol–water partition coefficient (Wildman–Crippen LogP) is 4.52. The SMILES string of the molecule is O=C(CCCOc1cccc(F)c1)Nc1cccc(OC(F)(F)F)c1. The van der Waals surface area contributed by atoms with E-state index in [4.69, 9.17) is 4.74 Å². The van der Waals surface area contributed by atoms with E-state index in [0.717, 1.165) is 12.1 Å². The van der Waals surface area contributed by atoms with Gasteiger partial charge in [0, 0.05) is 24.2 Å². The number of anilines is 1. The van der Waals surface area contributed by atoms with Gasteiger partial charge in [0.1, 0.15) is 17.3 Å². The van der Waals surface area contributed by atoms with E-state index in [1.807, 2.05) is 0 Å². The van der Waals surface area contributed by atoms with Crippen molar-refractivity contribution < 1.29 is 31.8 Å². The molecule has 0 spiro atoms. The lowest BCUT2D eigenvalue weighted by atomic mass is 10.2. The lowest BCUT2D eigenvalue weighted by molar-refractivity contribution is -0.274. The van der Waals surface area contributed by atoms with Gasteiger partial charge in [0.15, 0.2) is 0 Å². The van der Waals surface area contributed by atoms with Gasteiger partial charge in [-0.2, -0.15) is 0 Å². The zero-order valence-electron chi connectivity index (χ0n) is 13.0. The molecule has 0 aliphatic heterocycles. The molecule has 0 aliphatic rings. The quantitative estimate of drug-likeness (QED) is 0.585. The van der Waals surface area contributed by atoms with Gasteiger partial charge < -0.3 is 14.8 Å². The van der Waals surface area contributed by atoms with Crippen LogP contribution < -0.4 is 14.8 Å². The Morgan fingerprint density at radius 3 is 2.48 bits per heavy atom. The minimum Gasteiger partial charge on any atom is -0.493 e. The van der Waals surface area contributed by atoms with Crippen LogP contribution in [0.3, 0.4) is 0 Å². The number of nitrogens with one attached hydrogen (secondary N) is 1. The molecule has 1 amide bonds. The van der Waals surface area contributed by atoms with E-state index >= 15 is 0 Å². The van der Waals surface area contributed by atoms with Crippen LogP contribution in [0, 0.1) is 5.82 Å². The van der Waals surface area contributed by atoms with Gasteiger partial charge in [0.05, 0.1) is 6.61 Å². The Balaban J connectivity index is 1.75. The third-order valence-electron chi connectivity index (χ3n) is 2.96. The highest BCUT2D eigenvalue weighted by Gasteiger charge is 2.31. The number of carbonyl (C=O) groups excluding carboxylic acids is 1. The first-order valence-corrected chi connectivity index (χ1v) is 7.36. The Morgan fingerprint density at radius 2 is 1.76 bits per heavy atom. The van der Waals surface area contributed by atoms with Crippen molar-refractivity contribution >= 4 is 11.6 Å². The van der Waals surface area contributed by atoms with Crippen molar-refractivity contribution in [3.05, 3.63) is 54.3 Å². The van der Waals surface area contributed by atoms with Gasteiger partial charge in [-0.15, -0.1) is 13.2 Å². The average molecular weight is 357 g/mol. The minimum atomic E-state index is -4.79. The Kier molecular flexibility index (Phi) is 6.21. The first kappa shape index (κ1) is 18.6. The van der Waals surface area contributed by atoms with E-state index in [9.17, 15) is 22.4 Å². The highest BCUT2D eigenvalue weighted by atomic mass is 19.4. The van der Waals surface area contributed by atoms with E-state index in [1.54, 1.807) is 6.07 Å². The highest BCUT2D eigenvalue weighted by Crippen LogP contribution is 2.25. The van der Waals surface area contributed by atoms with Gasteiger partial charge in [0.25, 0.3) is 0 Å². The van der Waals surface area contributed by atoms with E-state index in [1.165, 1.54) is 30.3 Å². The smallest absolute Gasteiger partial charge is 0.493 e. The van der Waals surface area contributed by atoms with Crippen LogP contribution in [0.2, 0.25) is 0 Å². The fraction of sp³-hybridized carbons (Fsp3) is 0.235. The number of amides is 1. The van der Waals surface area contributed by atoms with Gasteiger partial charge in [-0.25, -0.2) is 4.39 Å². The Morgan fingerprint density at radius 1 is 1.04 bits per heavy atom. The van der Waals surface area contributed by atoms with Crippen molar-refractivity contribution in [2.75, 3.05) is 11.9 Å². The molecule has 134 valence electrons. The van der Waals surface area contributed by atoms with Crippen LogP contribution in [0.4, 0.5) is 23.2 Å². The van der Waals surface area contributed by atoms with Gasteiger partial charge >= 0.3 is 6.36 Å². The Bertz CT molecular complexity index is 719. The number of rotatable bonds is 7. The second kappa shape index (κ2) is 8.36. The topological polar surface area (TPSA) is 47.6 Å². The molecule has 2 aromatic carbocycles. The number of hydrogen-bond acceptors (Lipinski definition) is 3. The van der Waals surface area contributed by atoms with Crippen LogP contribution >= 0.6 is 0 Å². The van der Waals surface area contributed by atoms with Gasteiger partial charge in [-0.3, -0.25) is 4.79 Å². The lowest BCUT2D eigenvalue weighted by Crippen LogP contribution is -2.17. The number of hydrogen-bond donors (Lipinski definition) is 1. The van der Waals surface area contributed by atoms with Crippen LogP contribution in [0.15, 0.2) is 48.5 Å². The normalized spacial score (nSPS) is 11.0. The Hall–Kier alpha value is -2.77. The monoisotopic (exact) mass is 357 g/mol. The van der Waals surface area contributed by atoms with Crippen molar-refractivity contribution in [3.63, 3.8) is 0 Å². The first-order valence-electron chi connectivity index (χ1n) is 7.36. The maximum absolute atomic E-state index is 13.0. The van der Waals surface area contributed by atoms with Crippen LogP contribution in [0.1, 0.15) is 12.8 Å². The lowest BCUT2D eigenvalue weighted by Gasteiger charge is -2.11. The third-order valence-corrected chi connectivity index (χ3v) is 2.96. The summed E-state index contributed by atoms with van der Waals surface area (Å²) in [6.45, 7) is 0.202. The zero-order chi connectivity index (χ0) is 18.3. The first-order chi connectivity index (χ1) is 11.8. The molecule has 0 radical (unpaired) electrons. The van der Waals surface area contributed by atoms with Crippen LogP contribution in [-0.4, -0.2) is 18.9 Å². The maximum Gasteiger partial charge on any atom is 0.573 e. The summed E-state index contributed by atoms with van der Waals surface area (Å²) in [6, 6.07) is 10.6. The van der Waals surface area contributed by atoms with Gasteiger partial charge in [-0.05, 0) is 30.7 Å². The van der Waals surface area contributed by atoms with E-state index < -0.39 is 17.9 Å². The summed E-state index contributed by atoms with van der Waals surface area (Å²) in [4.78, 5) is 11.8. The molecule has 2 aromatic rings. The van der Waals surface area contributed by atoms with Crippen molar-refractivity contribution in [1.29, 1.82) is 0 Å². The summed E-state index contributed by atoms with van der Waals surface area (Å²) < 4.78 is 58.5. The predicted molar refractivity (Wildman–Crippen MR) is 82.9 cm³/mol. The summed E-state index contributed by atoms with van der Waals surface area (Å²) in [6.07, 6.45) is -4.34. The second-order valence-electron chi connectivity index (χ2n) is 5.03. The molecule has 0 atom stereocenters. The second-order valence-corrected chi connectivity index (χ2v) is 5.03. The van der Waals surface area contributed by atoms with Gasteiger partial charge in [0.2, 0.25) is 5.91 Å². The molecule has 4 nitrogen and oxygen atoms in total. The molecule has 0 aromatic heterocycles. The summed E-state index contributed by atoms with van der Waals surface area (Å²) >= 11 is 0. The van der Waals surface area contributed by atoms with E-state index in [2.05, 4.69) is 10.1 Å². The molecular formula is C17H15F4NO3. The van der Waals surface area contributed by atoms with Crippen LogP contribution in [-0.2, 0) is 4.79 Å². The molecular weight excluding hydrogens is 342 g/mol. The molecule has 0 unspecified atom stereocenters. The summed E-state index contributed by atoms with van der Waals surface area (Å²) in [5, 5.41) is 2.47. The molecule has 1 N–H and O–H groups in total. The molecule has 0 fully saturated rings. The van der Waals surface area contributed by atoms with Crippen molar-refractivity contribution in [1.82, 2.24) is 0 Å². The largest absolute Gasteiger partial charge is 0.573 e. The fourth-order valence-electron chi connectivity index (χ4n) is 1.97.